The Bertz CT molecular complexity index is 418. The molecule has 2 rings (SSSR count). The standard InChI is InChI=1S/C12H14N2/c1-12(2,3)9-4-5-10-11(8-9)14-7-6-13-10/h4-5,7-8,14H,1-3H3. The fourth-order valence-electron chi connectivity index (χ4n) is 1.43. The Morgan fingerprint density at radius 2 is 2.07 bits per heavy atom. The van der Waals surface area contributed by atoms with Crippen molar-refractivity contribution in [1.82, 2.24) is 0 Å². The first-order chi connectivity index (χ1) is 6.57. The molecule has 0 unspecified atom stereocenters. The number of nitrogens with one attached hydrogen (secondary N) is 1. The van der Waals surface area contributed by atoms with Gasteiger partial charge in [0.2, 0.25) is 0 Å². The summed E-state index contributed by atoms with van der Waals surface area (Å²) in [6, 6.07) is 6.30. The molecule has 1 heterocycles. The number of fused-ring (bicyclic) bond motifs is 1. The third-order valence-electron chi connectivity index (χ3n) is 2.34. The highest BCUT2D eigenvalue weighted by Crippen LogP contribution is 2.32. The highest BCUT2D eigenvalue weighted by atomic mass is 14.9. The molecule has 0 aromatic heterocycles. The third-order valence-corrected chi connectivity index (χ3v) is 2.34. The van der Waals surface area contributed by atoms with E-state index in [1.165, 1.54) is 5.56 Å². The molecule has 2 heteroatoms. The summed E-state index contributed by atoms with van der Waals surface area (Å²) >= 11 is 0. The molecule has 1 aliphatic heterocycles. The predicted molar refractivity (Wildman–Crippen MR) is 60.4 cm³/mol. The average molecular weight is 186 g/mol. The minimum atomic E-state index is 0.182. The summed E-state index contributed by atoms with van der Waals surface area (Å²) in [6.45, 7) is 6.62. The van der Waals surface area contributed by atoms with Crippen LogP contribution in [0, 0.1) is 0 Å². The van der Waals surface area contributed by atoms with E-state index in [1.807, 2.05) is 6.07 Å². The Labute approximate surface area is 84.4 Å². The Hall–Kier alpha value is -1.53. The lowest BCUT2D eigenvalue weighted by Gasteiger charge is -2.20. The van der Waals surface area contributed by atoms with Crippen LogP contribution in [0.3, 0.4) is 0 Å². The van der Waals surface area contributed by atoms with Crippen LogP contribution in [0.5, 0.6) is 0 Å². The molecular formula is C12H14N2. The molecule has 1 aromatic rings. The summed E-state index contributed by atoms with van der Waals surface area (Å²) in [5, 5.41) is 3.15. The number of hydrogen-bond acceptors (Lipinski definition) is 2. The van der Waals surface area contributed by atoms with Gasteiger partial charge in [-0.2, -0.15) is 0 Å². The van der Waals surface area contributed by atoms with E-state index in [1.54, 1.807) is 6.20 Å². The fourth-order valence-corrected chi connectivity index (χ4v) is 1.43. The molecule has 0 aliphatic carbocycles. The topological polar surface area (TPSA) is 24.4 Å². The van der Waals surface area contributed by atoms with Gasteiger partial charge in [-0.05, 0) is 23.1 Å². The summed E-state index contributed by atoms with van der Waals surface area (Å²) in [5.41, 5.74) is 3.52. The minimum Gasteiger partial charge on any atom is -0.352 e. The molecule has 0 bridgehead atoms. The summed E-state index contributed by atoms with van der Waals surface area (Å²) in [5.74, 6) is 2.79. The molecule has 0 fully saturated rings. The van der Waals surface area contributed by atoms with Crippen molar-refractivity contribution in [3.05, 3.63) is 30.0 Å². The average Bonchev–Trinajstić information content (AvgIpc) is 2.16. The van der Waals surface area contributed by atoms with Gasteiger partial charge in [-0.3, -0.25) is 0 Å². The molecular weight excluding hydrogens is 172 g/mol. The van der Waals surface area contributed by atoms with Gasteiger partial charge in [0.05, 0.1) is 17.6 Å². The Morgan fingerprint density at radius 1 is 1.29 bits per heavy atom. The van der Waals surface area contributed by atoms with E-state index in [9.17, 15) is 0 Å². The molecule has 14 heavy (non-hydrogen) atoms. The maximum absolute atomic E-state index is 4.15. The largest absolute Gasteiger partial charge is 0.352 e. The van der Waals surface area contributed by atoms with Crippen LogP contribution in [-0.4, -0.2) is 5.87 Å². The summed E-state index contributed by atoms with van der Waals surface area (Å²) in [6.07, 6.45) is 1.73. The number of aliphatic imine (C=N–C) groups is 1. The second kappa shape index (κ2) is 3.00. The first-order valence-corrected chi connectivity index (χ1v) is 4.76. The zero-order valence-corrected chi connectivity index (χ0v) is 8.76. The monoisotopic (exact) mass is 186 g/mol. The van der Waals surface area contributed by atoms with Crippen LogP contribution in [0.4, 0.5) is 11.4 Å². The highest BCUT2D eigenvalue weighted by Gasteiger charge is 2.15. The van der Waals surface area contributed by atoms with Crippen molar-refractivity contribution in [2.45, 2.75) is 26.2 Å². The summed E-state index contributed by atoms with van der Waals surface area (Å²) < 4.78 is 0. The van der Waals surface area contributed by atoms with Gasteiger partial charge in [-0.15, -0.1) is 0 Å². The minimum absolute atomic E-state index is 0.182. The fraction of sp³-hybridized carbons (Fsp3) is 0.333. The number of benzene rings is 1. The molecule has 0 radical (unpaired) electrons. The Morgan fingerprint density at radius 3 is 2.79 bits per heavy atom. The predicted octanol–water partition coefficient (Wildman–Crippen LogP) is 3.22. The summed E-state index contributed by atoms with van der Waals surface area (Å²) in [4.78, 5) is 4.15. The smallest absolute Gasteiger partial charge is 0.0965 e. The number of rotatable bonds is 0. The van der Waals surface area contributed by atoms with Gasteiger partial charge in [0.15, 0.2) is 0 Å². The molecule has 0 atom stereocenters. The van der Waals surface area contributed by atoms with E-state index in [4.69, 9.17) is 0 Å². The molecule has 0 saturated carbocycles. The molecule has 1 N–H and O–H groups in total. The van der Waals surface area contributed by atoms with Gasteiger partial charge in [-0.25, -0.2) is 4.99 Å². The van der Waals surface area contributed by atoms with Crippen LogP contribution >= 0.6 is 0 Å². The molecule has 72 valence electrons. The van der Waals surface area contributed by atoms with Crippen LogP contribution < -0.4 is 5.32 Å². The lowest BCUT2D eigenvalue weighted by atomic mass is 9.86. The SMILES string of the molecule is CC(C)(C)c1ccc2c(c1)NC=C=N2. The Balaban J connectivity index is 2.48. The molecule has 0 spiro atoms. The molecule has 0 amide bonds. The van der Waals surface area contributed by atoms with Crippen molar-refractivity contribution >= 4 is 17.2 Å². The molecule has 2 nitrogen and oxygen atoms in total. The maximum Gasteiger partial charge on any atom is 0.0965 e. The van der Waals surface area contributed by atoms with E-state index in [0.29, 0.717) is 0 Å². The molecule has 0 saturated heterocycles. The van der Waals surface area contributed by atoms with Crippen LogP contribution in [0.1, 0.15) is 26.3 Å². The van der Waals surface area contributed by atoms with Crippen molar-refractivity contribution in [3.63, 3.8) is 0 Å². The van der Waals surface area contributed by atoms with Gasteiger partial charge in [0.25, 0.3) is 0 Å². The van der Waals surface area contributed by atoms with Gasteiger partial charge in [-0.1, -0.05) is 26.8 Å². The van der Waals surface area contributed by atoms with Crippen molar-refractivity contribution in [3.8, 4) is 0 Å². The normalized spacial score (nSPS) is 13.6. The van der Waals surface area contributed by atoms with Crippen LogP contribution in [-0.2, 0) is 5.41 Å². The second-order valence-electron chi connectivity index (χ2n) is 4.51. The third kappa shape index (κ3) is 1.57. The first kappa shape index (κ1) is 9.04. The lowest BCUT2D eigenvalue weighted by molar-refractivity contribution is 0.590. The second-order valence-corrected chi connectivity index (χ2v) is 4.51. The zero-order valence-electron chi connectivity index (χ0n) is 8.76. The van der Waals surface area contributed by atoms with E-state index < -0.39 is 0 Å². The van der Waals surface area contributed by atoms with Crippen LogP contribution in [0.15, 0.2) is 29.4 Å². The van der Waals surface area contributed by atoms with Gasteiger partial charge in [0.1, 0.15) is 0 Å². The van der Waals surface area contributed by atoms with Gasteiger partial charge in [0, 0.05) is 5.87 Å². The van der Waals surface area contributed by atoms with E-state index in [-0.39, 0.29) is 5.41 Å². The Kier molecular flexibility index (Phi) is 1.94. The van der Waals surface area contributed by atoms with Crippen molar-refractivity contribution in [2.24, 2.45) is 4.99 Å². The number of nitrogens with zero attached hydrogens (tertiary/aromatic N) is 1. The van der Waals surface area contributed by atoms with Gasteiger partial charge >= 0.3 is 0 Å². The number of hydrogen-bond donors (Lipinski definition) is 1. The van der Waals surface area contributed by atoms with E-state index in [0.717, 1.165) is 11.4 Å². The van der Waals surface area contributed by atoms with Crippen molar-refractivity contribution in [1.29, 1.82) is 0 Å². The highest BCUT2D eigenvalue weighted by molar-refractivity contribution is 5.78. The molecule has 1 aromatic carbocycles. The molecule has 1 aliphatic rings. The van der Waals surface area contributed by atoms with E-state index in [2.05, 4.69) is 49.1 Å². The van der Waals surface area contributed by atoms with Gasteiger partial charge < -0.3 is 5.32 Å². The quantitative estimate of drug-likeness (QED) is 0.661. The summed E-state index contributed by atoms with van der Waals surface area (Å²) in [7, 11) is 0. The van der Waals surface area contributed by atoms with Crippen LogP contribution in [0.25, 0.3) is 0 Å². The van der Waals surface area contributed by atoms with Crippen molar-refractivity contribution < 1.29 is 0 Å². The lowest BCUT2D eigenvalue weighted by Crippen LogP contribution is -2.11. The maximum atomic E-state index is 4.15. The first-order valence-electron chi connectivity index (χ1n) is 4.76. The van der Waals surface area contributed by atoms with E-state index >= 15 is 0 Å². The van der Waals surface area contributed by atoms with Crippen LogP contribution in [0.2, 0.25) is 0 Å². The number of anilines is 1. The zero-order chi connectivity index (χ0) is 10.2. The van der Waals surface area contributed by atoms with Crippen molar-refractivity contribution in [2.75, 3.05) is 5.32 Å².